The highest BCUT2D eigenvalue weighted by atomic mass is 19.4. The molecule has 0 saturated heterocycles. The van der Waals surface area contributed by atoms with Crippen molar-refractivity contribution in [2.24, 2.45) is 17.4 Å². The molecule has 1 aromatic carbocycles. The van der Waals surface area contributed by atoms with Crippen molar-refractivity contribution in [3.8, 4) is 11.9 Å². The van der Waals surface area contributed by atoms with Crippen molar-refractivity contribution in [1.29, 1.82) is 5.26 Å². The van der Waals surface area contributed by atoms with E-state index in [9.17, 15) is 18.4 Å². The molecule has 6 nitrogen and oxygen atoms in total. The zero-order chi connectivity index (χ0) is 25.1. The fourth-order valence-electron chi connectivity index (χ4n) is 4.71. The van der Waals surface area contributed by atoms with Gasteiger partial charge in [-0.1, -0.05) is 38.5 Å². The van der Waals surface area contributed by atoms with Gasteiger partial charge in [-0.15, -0.1) is 0 Å². The Balaban J connectivity index is 2.24. The number of nitrogens with one attached hydrogen (secondary N) is 1. The van der Waals surface area contributed by atoms with E-state index in [1.165, 1.54) is 0 Å². The van der Waals surface area contributed by atoms with Gasteiger partial charge in [-0.2, -0.15) is 23.5 Å². The molecule has 1 aromatic heterocycles. The van der Waals surface area contributed by atoms with E-state index in [0.29, 0.717) is 28.9 Å². The van der Waals surface area contributed by atoms with E-state index in [2.05, 4.69) is 16.3 Å². The molecule has 0 spiro atoms. The van der Waals surface area contributed by atoms with E-state index >= 15 is 0 Å². The Kier molecular flexibility index (Phi) is 7.41. The summed E-state index contributed by atoms with van der Waals surface area (Å²) in [4.78, 5) is 0. The maximum atomic E-state index is 14.0. The van der Waals surface area contributed by atoms with Gasteiger partial charge < -0.3 is 16.2 Å². The van der Waals surface area contributed by atoms with Crippen LogP contribution in [0, 0.1) is 24.2 Å². The minimum atomic E-state index is -4.57. The topological polar surface area (TPSA) is 114 Å². The van der Waals surface area contributed by atoms with Crippen molar-refractivity contribution in [3.63, 3.8) is 0 Å². The number of nitriles is 1. The number of hydrogen-bond acceptors (Lipinski definition) is 5. The van der Waals surface area contributed by atoms with Crippen LogP contribution in [0.3, 0.4) is 0 Å². The predicted molar refractivity (Wildman–Crippen MR) is 124 cm³/mol. The van der Waals surface area contributed by atoms with Gasteiger partial charge in [0.1, 0.15) is 11.6 Å². The summed E-state index contributed by atoms with van der Waals surface area (Å²) in [6, 6.07) is 6.03. The first-order chi connectivity index (χ1) is 16.1. The molecule has 2 heterocycles. The fraction of sp³-hybridized carbons (Fsp3) is 0.440. The zero-order valence-corrected chi connectivity index (χ0v) is 19.6. The highest BCUT2D eigenvalue weighted by Gasteiger charge is 2.51. The number of H-pyrrole nitrogens is 1. The third-order valence-electron chi connectivity index (χ3n) is 6.26. The van der Waals surface area contributed by atoms with Crippen LogP contribution in [-0.4, -0.2) is 16.7 Å². The van der Waals surface area contributed by atoms with Crippen molar-refractivity contribution in [1.82, 2.24) is 10.2 Å². The normalized spacial score (nSPS) is 18.3. The number of hydrogen-bond donors (Lipinski definition) is 3. The summed E-state index contributed by atoms with van der Waals surface area (Å²) < 4.78 is 47.5. The molecule has 1 unspecified atom stereocenters. The summed E-state index contributed by atoms with van der Waals surface area (Å²) in [5, 5.41) is 17.0. The number of fused-ring (bicyclic) bond motifs is 1. The lowest BCUT2D eigenvalue weighted by Crippen LogP contribution is -2.41. The largest absolute Gasteiger partial charge is 0.422 e. The molecule has 0 radical (unpaired) electrons. The van der Waals surface area contributed by atoms with Crippen LogP contribution in [0.15, 0.2) is 35.7 Å². The number of aromatic amines is 1. The second kappa shape index (κ2) is 9.94. The number of unbranched alkanes of at least 4 members (excludes halogenated alkanes) is 3. The van der Waals surface area contributed by atoms with Crippen LogP contribution < -0.4 is 16.2 Å². The average molecular weight is 474 g/mol. The van der Waals surface area contributed by atoms with E-state index in [1.54, 1.807) is 19.1 Å². The first-order valence-corrected chi connectivity index (χ1v) is 11.3. The van der Waals surface area contributed by atoms with Crippen LogP contribution in [-0.2, 0) is 11.6 Å². The second-order valence-corrected chi connectivity index (χ2v) is 8.81. The highest BCUT2D eigenvalue weighted by Crippen LogP contribution is 2.53. The summed E-state index contributed by atoms with van der Waals surface area (Å²) in [5.74, 6) is -0.255. The molecule has 1 aliphatic rings. The lowest BCUT2D eigenvalue weighted by molar-refractivity contribution is -0.137. The average Bonchev–Trinajstić information content (AvgIpc) is 3.14. The van der Waals surface area contributed by atoms with E-state index in [4.69, 9.17) is 16.2 Å². The van der Waals surface area contributed by atoms with E-state index in [-0.39, 0.29) is 23.3 Å². The molecular weight excluding hydrogens is 443 g/mol. The highest BCUT2D eigenvalue weighted by molar-refractivity contribution is 5.64. The molecule has 0 amide bonds. The number of rotatable bonds is 8. The van der Waals surface area contributed by atoms with Gasteiger partial charge in [0.25, 0.3) is 0 Å². The van der Waals surface area contributed by atoms with E-state index < -0.39 is 17.2 Å². The Hall–Kier alpha value is -3.25. The van der Waals surface area contributed by atoms with Gasteiger partial charge in [0, 0.05) is 0 Å². The molecule has 1 aliphatic heterocycles. The maximum Gasteiger partial charge on any atom is 0.416 e. The molecule has 2 aromatic rings. The molecule has 0 bridgehead atoms. The summed E-state index contributed by atoms with van der Waals surface area (Å²) in [7, 11) is 0. The predicted octanol–water partition coefficient (Wildman–Crippen LogP) is 5.30. The van der Waals surface area contributed by atoms with Gasteiger partial charge in [0.15, 0.2) is 0 Å². The van der Waals surface area contributed by atoms with Crippen LogP contribution in [0.4, 0.5) is 13.2 Å². The number of alkyl halides is 3. The third-order valence-corrected chi connectivity index (χ3v) is 6.26. The molecule has 34 heavy (non-hydrogen) atoms. The van der Waals surface area contributed by atoms with Crippen molar-refractivity contribution in [2.45, 2.75) is 58.0 Å². The van der Waals surface area contributed by atoms with Gasteiger partial charge in [0.2, 0.25) is 11.8 Å². The lowest BCUT2D eigenvalue weighted by atomic mass is 9.61. The number of allylic oxidation sites excluding steroid dienone is 2. The zero-order valence-electron chi connectivity index (χ0n) is 19.6. The summed E-state index contributed by atoms with van der Waals surface area (Å²) in [5.41, 5.74) is 11.4. The van der Waals surface area contributed by atoms with Crippen LogP contribution in [0.2, 0.25) is 0 Å². The monoisotopic (exact) mass is 473 g/mol. The quantitative estimate of drug-likeness (QED) is 0.450. The Bertz CT molecular complexity index is 1140. The van der Waals surface area contributed by atoms with Gasteiger partial charge >= 0.3 is 6.18 Å². The number of nitrogens with zero attached hydrogens (tertiary/aromatic N) is 2. The Morgan fingerprint density at radius 2 is 1.97 bits per heavy atom. The molecule has 0 fully saturated rings. The van der Waals surface area contributed by atoms with Crippen LogP contribution >= 0.6 is 0 Å². The standard InChI is InChI=1S/C25H30F3N5O/c1-15(2)24(20(14-30)22(31)34-23-21(24)16(3)32-33-23)18-11-17(9-7-5-4-6-8-10-29)12-19(13-18)25(26,27)28/h7,9,11-13,15H,4-6,8,10,29,31H2,1-3H3,(H,32,33)/b9-7+. The van der Waals surface area contributed by atoms with E-state index in [1.807, 2.05) is 19.9 Å². The number of halogens is 3. The van der Waals surface area contributed by atoms with Gasteiger partial charge in [0.05, 0.1) is 22.2 Å². The van der Waals surface area contributed by atoms with Crippen molar-refractivity contribution < 1.29 is 17.9 Å². The fourth-order valence-corrected chi connectivity index (χ4v) is 4.71. The SMILES string of the molecule is Cc1n[nH]c2c1C(c1cc(/C=C/CCCCCN)cc(C(F)(F)F)c1)(C(C)C)C(C#N)=C(N)O2. The molecule has 182 valence electrons. The van der Waals surface area contributed by atoms with Gasteiger partial charge in [-0.3, -0.25) is 0 Å². The number of aromatic nitrogens is 2. The molecule has 0 aliphatic carbocycles. The first-order valence-electron chi connectivity index (χ1n) is 11.3. The minimum absolute atomic E-state index is 0.0653. The lowest BCUT2D eigenvalue weighted by Gasteiger charge is -2.41. The summed E-state index contributed by atoms with van der Waals surface area (Å²) >= 11 is 0. The van der Waals surface area contributed by atoms with Crippen LogP contribution in [0.1, 0.15) is 67.5 Å². The van der Waals surface area contributed by atoms with Gasteiger partial charge in [-0.05, 0) is 61.9 Å². The second-order valence-electron chi connectivity index (χ2n) is 8.81. The minimum Gasteiger partial charge on any atom is -0.422 e. The van der Waals surface area contributed by atoms with Crippen LogP contribution in [0.25, 0.3) is 6.08 Å². The number of ether oxygens (including phenoxy) is 1. The van der Waals surface area contributed by atoms with Crippen molar-refractivity contribution >= 4 is 6.08 Å². The molecule has 3 rings (SSSR count). The first kappa shape index (κ1) is 25.4. The number of nitrogens with two attached hydrogens (primary N) is 2. The maximum absolute atomic E-state index is 14.0. The molecule has 0 saturated carbocycles. The molecule has 5 N–H and O–H groups in total. The van der Waals surface area contributed by atoms with Crippen molar-refractivity contribution in [2.75, 3.05) is 6.54 Å². The summed E-state index contributed by atoms with van der Waals surface area (Å²) in [6.07, 6.45) is 2.50. The van der Waals surface area contributed by atoms with Crippen molar-refractivity contribution in [3.05, 3.63) is 63.7 Å². The Labute approximate surface area is 197 Å². The van der Waals surface area contributed by atoms with Crippen LogP contribution in [0.5, 0.6) is 5.88 Å². The number of benzene rings is 1. The smallest absolute Gasteiger partial charge is 0.416 e. The third kappa shape index (κ3) is 4.55. The molecule has 9 heteroatoms. The molecule has 1 atom stereocenters. The van der Waals surface area contributed by atoms with E-state index in [0.717, 1.165) is 37.8 Å². The Morgan fingerprint density at radius 3 is 2.59 bits per heavy atom. The van der Waals surface area contributed by atoms with Gasteiger partial charge in [-0.25, -0.2) is 5.10 Å². The Morgan fingerprint density at radius 1 is 1.24 bits per heavy atom. The number of aryl methyl sites for hydroxylation is 1. The summed E-state index contributed by atoms with van der Waals surface area (Å²) in [6.45, 7) is 6.04. The molecular formula is C25H30F3N5O.